The van der Waals surface area contributed by atoms with Gasteiger partial charge in [-0.3, -0.25) is 0 Å². The molecule has 0 spiro atoms. The third-order valence-electron chi connectivity index (χ3n) is 0. The Kier molecular flexibility index (Phi) is 15.3. The van der Waals surface area contributed by atoms with Gasteiger partial charge in [-0.15, -0.1) is 16.6 Å². The van der Waals surface area contributed by atoms with E-state index in [1.165, 1.54) is 0 Å². The fourth-order valence-electron chi connectivity index (χ4n) is 0. The molecule has 0 saturated heterocycles. The zero-order valence-electron chi connectivity index (χ0n) is 3.38. The van der Waals surface area contributed by atoms with Crippen molar-refractivity contribution in [3.05, 3.63) is 18.5 Å². The molecule has 3 heteroatoms. The Hall–Kier alpha value is 0.813. The number of hydrogen-bond acceptors (Lipinski definition) is 0. The Morgan fingerprint density at radius 2 is 1.67 bits per heavy atom. The second kappa shape index (κ2) is 9.26. The van der Waals surface area contributed by atoms with E-state index in [0.29, 0.717) is 5.03 Å². The molecule has 0 unspecified atom stereocenters. The van der Waals surface area contributed by atoms with Crippen LogP contribution in [0.3, 0.4) is 0 Å². The van der Waals surface area contributed by atoms with Gasteiger partial charge < -0.3 is 0 Å². The second-order valence-corrected chi connectivity index (χ2v) is 1.05. The van der Waals surface area contributed by atoms with Crippen molar-refractivity contribution in [3.8, 4) is 0 Å². The van der Waals surface area contributed by atoms with Gasteiger partial charge in [0.05, 0.1) is 0 Å². The molecule has 0 heterocycles. The van der Waals surface area contributed by atoms with Crippen molar-refractivity contribution in [2.75, 3.05) is 0 Å². The standard InChI is InChI=1S/C3H4Cl.ClH.Zn/c1-3(2)4;;/h1-2H2;1H;/q-1;;+2/p-1. The number of rotatable bonds is 0. The van der Waals surface area contributed by atoms with Crippen LogP contribution < -0.4 is 0 Å². The third kappa shape index (κ3) is 106. The zero-order chi connectivity index (χ0) is 5.58. The van der Waals surface area contributed by atoms with Crippen LogP contribution in [0.2, 0.25) is 0 Å². The van der Waals surface area contributed by atoms with E-state index in [1.54, 1.807) is 0 Å². The zero-order valence-corrected chi connectivity index (χ0v) is 7.86. The number of hydrogen-bond donors (Lipinski definition) is 0. The molecule has 0 bridgehead atoms. The van der Waals surface area contributed by atoms with Crippen LogP contribution in [0.4, 0.5) is 0 Å². The molecule has 0 aromatic carbocycles. The maximum atomic E-state index is 4.97. The van der Waals surface area contributed by atoms with Crippen molar-refractivity contribution in [3.63, 3.8) is 0 Å². The first-order chi connectivity index (χ1) is 2.73. The minimum absolute atomic E-state index is 0.389. The molecule has 0 aromatic rings. The van der Waals surface area contributed by atoms with Gasteiger partial charge in [-0.05, 0) is 0 Å². The fourth-order valence-corrected chi connectivity index (χ4v) is 0. The van der Waals surface area contributed by atoms with Crippen molar-refractivity contribution < 1.29 is 17.3 Å². The van der Waals surface area contributed by atoms with Gasteiger partial charge in [-0.1, -0.05) is 0 Å². The van der Waals surface area contributed by atoms with Gasteiger partial charge in [0, 0.05) is 0 Å². The van der Waals surface area contributed by atoms with Crippen molar-refractivity contribution in [2.24, 2.45) is 0 Å². The molecule has 0 aliphatic rings. The van der Waals surface area contributed by atoms with Crippen molar-refractivity contribution in [1.82, 2.24) is 0 Å². The van der Waals surface area contributed by atoms with Crippen LogP contribution in [0, 0.1) is 6.92 Å². The van der Waals surface area contributed by atoms with Gasteiger partial charge >= 0.3 is 27.0 Å². The Balaban J connectivity index is 0. The van der Waals surface area contributed by atoms with E-state index in [-0.39, 0.29) is 0 Å². The Morgan fingerprint density at radius 3 is 1.67 bits per heavy atom. The van der Waals surface area contributed by atoms with E-state index in [2.05, 4.69) is 13.5 Å². The van der Waals surface area contributed by atoms with Gasteiger partial charge in [-0.25, -0.2) is 13.5 Å². The Bertz CT molecular complexity index is 31.8. The van der Waals surface area contributed by atoms with Crippen LogP contribution in [0.25, 0.3) is 0 Å². The van der Waals surface area contributed by atoms with Crippen molar-refractivity contribution >= 4 is 21.3 Å². The molecule has 0 atom stereocenters. The molecule has 0 radical (unpaired) electrons. The van der Waals surface area contributed by atoms with Crippen LogP contribution >= 0.6 is 21.3 Å². The van der Waals surface area contributed by atoms with Crippen molar-refractivity contribution in [2.45, 2.75) is 0 Å². The summed E-state index contributed by atoms with van der Waals surface area (Å²) in [6.45, 7) is 6.42. The van der Waals surface area contributed by atoms with Gasteiger partial charge in [0.1, 0.15) is 0 Å². The molecule has 0 saturated carbocycles. The summed E-state index contributed by atoms with van der Waals surface area (Å²) in [5, 5.41) is 0.389. The van der Waals surface area contributed by atoms with Gasteiger partial charge in [0.15, 0.2) is 0 Å². The van der Waals surface area contributed by atoms with Crippen LogP contribution in [0.15, 0.2) is 11.6 Å². The fraction of sp³-hybridized carbons (Fsp3) is 0. The molecule has 0 amide bonds. The first kappa shape index (κ1) is 9.94. The molecule has 0 nitrogen and oxygen atoms in total. The third-order valence-corrected chi connectivity index (χ3v) is 0. The Labute approximate surface area is 57.2 Å². The van der Waals surface area contributed by atoms with Gasteiger partial charge in [0.2, 0.25) is 0 Å². The van der Waals surface area contributed by atoms with Crippen molar-refractivity contribution in [1.29, 1.82) is 0 Å². The molecule has 0 fully saturated rings. The van der Waals surface area contributed by atoms with Crippen LogP contribution in [-0.2, 0) is 17.3 Å². The topological polar surface area (TPSA) is 0 Å². The summed E-state index contributed by atoms with van der Waals surface area (Å²) < 4.78 is 0. The molecular weight excluding hydrogens is 172 g/mol. The number of allylic oxidation sites excluding steroid dienone is 1. The summed E-state index contributed by atoms with van der Waals surface area (Å²) in [4.78, 5) is 0. The maximum absolute atomic E-state index is 4.97. The predicted molar refractivity (Wildman–Crippen MR) is 26.2 cm³/mol. The molecule has 0 aliphatic carbocycles. The first-order valence-electron chi connectivity index (χ1n) is 1.16. The van der Waals surface area contributed by atoms with Gasteiger partial charge in [0.25, 0.3) is 0 Å². The normalized spacial score (nSPS) is 5.33. The average molecular weight is 176 g/mol. The van der Waals surface area contributed by atoms with Crippen LogP contribution in [0.5, 0.6) is 0 Å². The quantitative estimate of drug-likeness (QED) is 0.392. The summed E-state index contributed by atoms with van der Waals surface area (Å²) >= 11 is 5.82. The summed E-state index contributed by atoms with van der Waals surface area (Å²) in [5.74, 6) is 0. The van der Waals surface area contributed by atoms with E-state index in [4.69, 9.17) is 21.3 Å². The van der Waals surface area contributed by atoms with E-state index in [1.807, 2.05) is 0 Å². The first-order valence-corrected chi connectivity index (χ1v) is 5.44. The molecule has 0 aliphatic heterocycles. The molecular formula is C3H4Cl2Zn. The SMILES string of the molecule is C=C([CH2-])Cl.[Cl][Zn+]. The van der Waals surface area contributed by atoms with Crippen LogP contribution in [0.1, 0.15) is 0 Å². The van der Waals surface area contributed by atoms with E-state index < -0.39 is 0 Å². The van der Waals surface area contributed by atoms with E-state index in [9.17, 15) is 0 Å². The van der Waals surface area contributed by atoms with E-state index in [0.717, 1.165) is 17.3 Å². The summed E-state index contributed by atoms with van der Waals surface area (Å²) in [5.41, 5.74) is 0. The number of halogens is 2. The minimum atomic E-state index is 0.389. The summed E-state index contributed by atoms with van der Waals surface area (Å²) in [6.07, 6.45) is 0. The molecule has 6 heavy (non-hydrogen) atoms. The predicted octanol–water partition coefficient (Wildman–Crippen LogP) is 2.26. The monoisotopic (exact) mass is 174 g/mol. The van der Waals surface area contributed by atoms with Crippen LogP contribution in [-0.4, -0.2) is 0 Å². The summed E-state index contributed by atoms with van der Waals surface area (Å²) in [7, 11) is 4.76. The molecule has 0 rings (SSSR count). The molecule has 32 valence electrons. The Morgan fingerprint density at radius 1 is 1.67 bits per heavy atom. The second-order valence-electron chi connectivity index (χ2n) is 0.517. The van der Waals surface area contributed by atoms with Gasteiger partial charge in [-0.2, -0.15) is 0 Å². The summed E-state index contributed by atoms with van der Waals surface area (Å²) in [6, 6.07) is 0. The van der Waals surface area contributed by atoms with E-state index >= 15 is 0 Å². The average Bonchev–Trinajstić information content (AvgIpc) is 1.41. The molecule has 0 N–H and O–H groups in total. The molecule has 0 aromatic heterocycles.